The maximum atomic E-state index is 12.8. The van der Waals surface area contributed by atoms with E-state index in [1.165, 1.54) is 0 Å². The summed E-state index contributed by atoms with van der Waals surface area (Å²) in [7, 11) is -8.21. The van der Waals surface area contributed by atoms with Gasteiger partial charge in [-0.1, -0.05) is 0 Å². The van der Waals surface area contributed by atoms with Crippen molar-refractivity contribution in [1.29, 1.82) is 0 Å². The van der Waals surface area contributed by atoms with Crippen LogP contribution in [0.1, 0.15) is 11.1 Å². The van der Waals surface area contributed by atoms with Gasteiger partial charge in [0.15, 0.2) is 9.84 Å². The van der Waals surface area contributed by atoms with E-state index >= 15 is 0 Å². The summed E-state index contributed by atoms with van der Waals surface area (Å²) >= 11 is 0. The molecule has 0 spiro atoms. The Bertz CT molecular complexity index is 1060. The Kier molecular flexibility index (Phi) is 5.47. The first-order valence-electron chi connectivity index (χ1n) is 7.12. The molecule has 0 radical (unpaired) electrons. The minimum absolute atomic E-state index is 0.140. The number of hydrogen-bond acceptors (Lipinski definition) is 4. The van der Waals surface area contributed by atoms with Crippen LogP contribution in [0.4, 0.5) is 32.0 Å². The maximum Gasteiger partial charge on any atom is 0.416 e. The van der Waals surface area contributed by atoms with Crippen LogP contribution >= 0.6 is 0 Å². The fourth-order valence-corrected chi connectivity index (χ4v) is 3.76. The molecular formula is C15H11F6NO4S2. The van der Waals surface area contributed by atoms with Gasteiger partial charge in [0.25, 0.3) is 10.0 Å². The van der Waals surface area contributed by atoms with Gasteiger partial charge in [0.2, 0.25) is 0 Å². The Morgan fingerprint density at radius 1 is 0.714 bits per heavy atom. The van der Waals surface area contributed by atoms with Gasteiger partial charge in [-0.15, -0.1) is 0 Å². The van der Waals surface area contributed by atoms with E-state index < -0.39 is 53.9 Å². The van der Waals surface area contributed by atoms with Crippen LogP contribution in [-0.2, 0) is 32.2 Å². The Morgan fingerprint density at radius 2 is 1.11 bits per heavy atom. The molecule has 0 bridgehead atoms. The van der Waals surface area contributed by atoms with Crippen molar-refractivity contribution in [1.82, 2.24) is 0 Å². The monoisotopic (exact) mass is 447 g/mol. The number of alkyl halides is 6. The summed E-state index contributed by atoms with van der Waals surface area (Å²) < 4.78 is 126. The van der Waals surface area contributed by atoms with Gasteiger partial charge in [-0.3, -0.25) is 4.72 Å². The second-order valence-corrected chi connectivity index (χ2v) is 9.34. The van der Waals surface area contributed by atoms with E-state index in [2.05, 4.69) is 0 Å². The van der Waals surface area contributed by atoms with E-state index in [4.69, 9.17) is 0 Å². The Hall–Kier alpha value is -2.28. The lowest BCUT2D eigenvalue weighted by molar-refractivity contribution is -0.143. The van der Waals surface area contributed by atoms with E-state index in [0.29, 0.717) is 0 Å². The summed E-state index contributed by atoms with van der Waals surface area (Å²) in [4.78, 5) is -0.768. The summed E-state index contributed by atoms with van der Waals surface area (Å²) in [6.45, 7) is 0. The first-order chi connectivity index (χ1) is 12.5. The summed E-state index contributed by atoms with van der Waals surface area (Å²) in [5.74, 6) is 0. The molecule has 2 aromatic rings. The minimum atomic E-state index is -5.14. The van der Waals surface area contributed by atoms with E-state index in [0.717, 1.165) is 30.5 Å². The maximum absolute atomic E-state index is 12.8. The molecule has 2 aromatic carbocycles. The molecule has 2 rings (SSSR count). The van der Waals surface area contributed by atoms with Crippen LogP contribution in [-0.4, -0.2) is 23.1 Å². The largest absolute Gasteiger partial charge is 0.416 e. The van der Waals surface area contributed by atoms with E-state index in [9.17, 15) is 43.2 Å². The molecule has 1 N–H and O–H groups in total. The molecule has 0 aromatic heterocycles. The summed E-state index contributed by atoms with van der Waals surface area (Å²) in [6, 6.07) is 3.90. The van der Waals surface area contributed by atoms with Gasteiger partial charge in [-0.25, -0.2) is 16.8 Å². The molecule has 28 heavy (non-hydrogen) atoms. The summed E-state index contributed by atoms with van der Waals surface area (Å²) in [6.07, 6.45) is -9.41. The normalized spacial score (nSPS) is 13.4. The number of halogens is 6. The van der Waals surface area contributed by atoms with Crippen LogP contribution in [0.3, 0.4) is 0 Å². The van der Waals surface area contributed by atoms with E-state index in [-0.39, 0.29) is 23.1 Å². The zero-order valence-electron chi connectivity index (χ0n) is 13.8. The molecule has 0 aliphatic carbocycles. The molecule has 0 heterocycles. The topological polar surface area (TPSA) is 80.3 Å². The highest BCUT2D eigenvalue weighted by atomic mass is 32.2. The Balaban J connectivity index is 2.48. The first-order valence-corrected chi connectivity index (χ1v) is 10.5. The summed E-state index contributed by atoms with van der Waals surface area (Å²) in [5, 5.41) is 0. The standard InChI is InChI=1S/C15H11F6NO4S2/c1-27(23,24)12-2-4-13(5-3-12)28(25,26)22-11-7-9(14(16,17)18)6-10(8-11)15(19,20)21/h2-8,22H,1H3. The van der Waals surface area contributed by atoms with Crippen LogP contribution < -0.4 is 4.72 Å². The first kappa shape index (κ1) is 22.0. The molecule has 0 fully saturated rings. The fraction of sp³-hybridized carbons (Fsp3) is 0.200. The zero-order valence-corrected chi connectivity index (χ0v) is 15.4. The summed E-state index contributed by atoms with van der Waals surface area (Å²) in [5.41, 5.74) is -4.32. The molecule has 0 amide bonds. The number of hydrogen-bond donors (Lipinski definition) is 1. The van der Waals surface area contributed by atoms with Gasteiger partial charge in [0.05, 0.1) is 26.6 Å². The van der Waals surface area contributed by atoms with Crippen molar-refractivity contribution < 1.29 is 43.2 Å². The molecule has 154 valence electrons. The molecule has 0 aliphatic heterocycles. The van der Waals surface area contributed by atoms with Gasteiger partial charge >= 0.3 is 12.4 Å². The van der Waals surface area contributed by atoms with Gasteiger partial charge in [0.1, 0.15) is 0 Å². The predicted octanol–water partition coefficient (Wildman–Crippen LogP) is 3.93. The molecule has 0 saturated carbocycles. The second-order valence-electron chi connectivity index (χ2n) is 5.64. The van der Waals surface area contributed by atoms with Gasteiger partial charge in [-0.2, -0.15) is 26.3 Å². The lowest BCUT2D eigenvalue weighted by Crippen LogP contribution is -2.16. The molecule has 0 unspecified atom stereocenters. The molecule has 0 atom stereocenters. The number of anilines is 1. The van der Waals surface area contributed by atoms with E-state index in [1.54, 1.807) is 4.72 Å². The lowest BCUT2D eigenvalue weighted by Gasteiger charge is -2.15. The number of rotatable bonds is 4. The van der Waals surface area contributed by atoms with Crippen molar-refractivity contribution in [3.63, 3.8) is 0 Å². The van der Waals surface area contributed by atoms with Crippen LogP contribution in [0.15, 0.2) is 52.3 Å². The average Bonchev–Trinajstić information content (AvgIpc) is 2.52. The van der Waals surface area contributed by atoms with Gasteiger partial charge in [0, 0.05) is 6.26 Å². The third kappa shape index (κ3) is 5.16. The van der Waals surface area contributed by atoms with Crippen molar-refractivity contribution in [2.24, 2.45) is 0 Å². The third-order valence-corrected chi connectivity index (χ3v) is 5.93. The van der Waals surface area contributed by atoms with Crippen molar-refractivity contribution in [3.8, 4) is 0 Å². The van der Waals surface area contributed by atoms with Crippen LogP contribution in [0.5, 0.6) is 0 Å². The third-order valence-electron chi connectivity index (χ3n) is 3.40. The van der Waals surface area contributed by atoms with E-state index in [1.807, 2.05) is 0 Å². The second kappa shape index (κ2) is 6.95. The Morgan fingerprint density at radius 3 is 1.46 bits per heavy atom. The van der Waals surface area contributed by atoms with Crippen LogP contribution in [0.2, 0.25) is 0 Å². The fourth-order valence-electron chi connectivity index (χ4n) is 2.09. The predicted molar refractivity (Wildman–Crippen MR) is 86.8 cm³/mol. The van der Waals surface area contributed by atoms with Gasteiger partial charge in [-0.05, 0) is 42.5 Å². The van der Waals surface area contributed by atoms with Crippen molar-refractivity contribution in [2.75, 3.05) is 11.0 Å². The number of nitrogens with one attached hydrogen (secondary N) is 1. The van der Waals surface area contributed by atoms with Crippen molar-refractivity contribution >= 4 is 25.5 Å². The smallest absolute Gasteiger partial charge is 0.280 e. The van der Waals surface area contributed by atoms with Crippen molar-refractivity contribution in [2.45, 2.75) is 22.1 Å². The molecule has 0 saturated heterocycles. The molecular weight excluding hydrogens is 436 g/mol. The minimum Gasteiger partial charge on any atom is -0.280 e. The molecule has 13 heteroatoms. The van der Waals surface area contributed by atoms with Crippen LogP contribution in [0, 0.1) is 0 Å². The number of sulfone groups is 1. The highest BCUT2D eigenvalue weighted by molar-refractivity contribution is 7.92. The average molecular weight is 447 g/mol. The zero-order chi connectivity index (χ0) is 21.5. The van der Waals surface area contributed by atoms with Crippen LogP contribution in [0.25, 0.3) is 0 Å². The highest BCUT2D eigenvalue weighted by Gasteiger charge is 2.37. The molecule has 5 nitrogen and oxygen atoms in total. The lowest BCUT2D eigenvalue weighted by atomic mass is 10.1. The highest BCUT2D eigenvalue weighted by Crippen LogP contribution is 2.38. The van der Waals surface area contributed by atoms with Gasteiger partial charge < -0.3 is 0 Å². The van der Waals surface area contributed by atoms with Crippen molar-refractivity contribution in [3.05, 3.63) is 53.6 Å². The quantitative estimate of drug-likeness (QED) is 0.721. The Labute approximate surface area is 156 Å². The molecule has 0 aliphatic rings. The number of sulfonamides is 1. The number of benzene rings is 2. The SMILES string of the molecule is CS(=O)(=O)c1ccc(S(=O)(=O)Nc2cc(C(F)(F)F)cc(C(F)(F)F)c2)cc1.